The highest BCUT2D eigenvalue weighted by Crippen LogP contribution is 2.20. The van der Waals surface area contributed by atoms with Crippen LogP contribution in [0.2, 0.25) is 0 Å². The molecular formula is C16H22FN3O3. The third-order valence-corrected chi connectivity index (χ3v) is 4.03. The number of amides is 2. The normalized spacial score (nSPS) is 19.1. The second-order valence-electron chi connectivity index (χ2n) is 5.67. The van der Waals surface area contributed by atoms with Crippen LogP contribution in [0.1, 0.15) is 10.4 Å². The third kappa shape index (κ3) is 3.98. The average Bonchev–Trinajstić information content (AvgIpc) is 2.75. The van der Waals surface area contributed by atoms with E-state index in [1.54, 1.807) is 11.9 Å². The first-order valence-corrected chi connectivity index (χ1v) is 7.49. The van der Waals surface area contributed by atoms with Gasteiger partial charge in [0, 0.05) is 38.8 Å². The zero-order valence-corrected chi connectivity index (χ0v) is 13.6. The number of rotatable bonds is 3. The maximum Gasteiger partial charge on any atom is 0.254 e. The molecule has 0 spiro atoms. The lowest BCUT2D eigenvalue weighted by atomic mass is 10.1. The lowest BCUT2D eigenvalue weighted by molar-refractivity contribution is -0.125. The molecule has 6 nitrogen and oxygen atoms in total. The van der Waals surface area contributed by atoms with Gasteiger partial charge in [-0.3, -0.25) is 9.59 Å². The van der Waals surface area contributed by atoms with Gasteiger partial charge in [0.2, 0.25) is 5.91 Å². The van der Waals surface area contributed by atoms with E-state index in [-0.39, 0.29) is 29.0 Å². The number of benzene rings is 1. The molecule has 1 heterocycles. The number of nitrogens with one attached hydrogen (secondary N) is 1. The topological polar surface area (TPSA) is 61.9 Å². The summed E-state index contributed by atoms with van der Waals surface area (Å²) in [7, 11) is 4.87. The largest absolute Gasteiger partial charge is 0.494 e. The highest BCUT2D eigenvalue weighted by Gasteiger charge is 2.29. The Balaban J connectivity index is 2.19. The molecule has 0 radical (unpaired) electrons. The number of carbonyl (C=O) groups excluding carboxylic acids is 2. The second kappa shape index (κ2) is 7.41. The predicted octanol–water partition coefficient (Wildman–Crippen LogP) is 0.584. The molecule has 1 aromatic rings. The Bertz CT molecular complexity index is 594. The van der Waals surface area contributed by atoms with Crippen molar-refractivity contribution in [1.29, 1.82) is 0 Å². The summed E-state index contributed by atoms with van der Waals surface area (Å²) < 4.78 is 18.7. The molecule has 23 heavy (non-hydrogen) atoms. The van der Waals surface area contributed by atoms with E-state index in [1.807, 2.05) is 11.9 Å². The number of ether oxygens (including phenoxy) is 1. The molecule has 1 aromatic carbocycles. The zero-order chi connectivity index (χ0) is 17.0. The second-order valence-corrected chi connectivity index (χ2v) is 5.67. The first-order chi connectivity index (χ1) is 11.0. The van der Waals surface area contributed by atoms with E-state index < -0.39 is 5.82 Å². The van der Waals surface area contributed by atoms with Crippen LogP contribution in [0.5, 0.6) is 5.75 Å². The molecule has 0 aliphatic carbocycles. The number of hydrogen-bond acceptors (Lipinski definition) is 4. The number of halogens is 1. The molecule has 1 aliphatic heterocycles. The molecule has 0 bridgehead atoms. The van der Waals surface area contributed by atoms with Crippen molar-refractivity contribution in [3.05, 3.63) is 29.6 Å². The van der Waals surface area contributed by atoms with E-state index in [9.17, 15) is 14.0 Å². The van der Waals surface area contributed by atoms with Crippen molar-refractivity contribution in [1.82, 2.24) is 15.1 Å². The molecule has 1 aliphatic rings. The molecule has 1 N–H and O–H groups in total. The molecule has 0 saturated carbocycles. The van der Waals surface area contributed by atoms with Gasteiger partial charge < -0.3 is 19.9 Å². The monoisotopic (exact) mass is 323 g/mol. The summed E-state index contributed by atoms with van der Waals surface area (Å²) >= 11 is 0. The highest BCUT2D eigenvalue weighted by atomic mass is 19.1. The minimum Gasteiger partial charge on any atom is -0.494 e. The van der Waals surface area contributed by atoms with Crippen LogP contribution >= 0.6 is 0 Å². The van der Waals surface area contributed by atoms with E-state index in [4.69, 9.17) is 4.74 Å². The molecule has 0 aromatic heterocycles. The minimum atomic E-state index is -0.576. The van der Waals surface area contributed by atoms with E-state index >= 15 is 0 Å². The van der Waals surface area contributed by atoms with Crippen LogP contribution in [0.15, 0.2) is 18.2 Å². The fourth-order valence-corrected chi connectivity index (χ4v) is 2.71. The minimum absolute atomic E-state index is 0.0976. The number of methoxy groups -OCH3 is 1. The fourth-order valence-electron chi connectivity index (χ4n) is 2.71. The van der Waals surface area contributed by atoms with Crippen molar-refractivity contribution in [2.24, 2.45) is 5.92 Å². The predicted molar refractivity (Wildman–Crippen MR) is 83.9 cm³/mol. The molecule has 1 saturated heterocycles. The maximum absolute atomic E-state index is 13.8. The van der Waals surface area contributed by atoms with Gasteiger partial charge in [0.15, 0.2) is 11.6 Å². The molecule has 2 amide bonds. The van der Waals surface area contributed by atoms with Gasteiger partial charge in [0.25, 0.3) is 5.91 Å². The molecule has 126 valence electrons. The summed E-state index contributed by atoms with van der Waals surface area (Å²) in [5.74, 6) is -1.17. The summed E-state index contributed by atoms with van der Waals surface area (Å²) in [5.41, 5.74) is 0.253. The lowest BCUT2D eigenvalue weighted by Gasteiger charge is -2.23. The first kappa shape index (κ1) is 17.2. The van der Waals surface area contributed by atoms with Crippen LogP contribution in [0.4, 0.5) is 4.39 Å². The van der Waals surface area contributed by atoms with E-state index in [0.717, 1.165) is 0 Å². The van der Waals surface area contributed by atoms with Gasteiger partial charge in [0.05, 0.1) is 13.0 Å². The maximum atomic E-state index is 13.8. The van der Waals surface area contributed by atoms with Gasteiger partial charge in [-0.05, 0) is 25.2 Å². The van der Waals surface area contributed by atoms with Gasteiger partial charge in [-0.15, -0.1) is 0 Å². The summed E-state index contributed by atoms with van der Waals surface area (Å²) in [6.07, 6.45) is 0. The van der Waals surface area contributed by atoms with Gasteiger partial charge in [-0.25, -0.2) is 4.39 Å². The zero-order valence-electron chi connectivity index (χ0n) is 13.6. The van der Waals surface area contributed by atoms with Crippen LogP contribution in [0.3, 0.4) is 0 Å². The molecular weight excluding hydrogens is 301 g/mol. The van der Waals surface area contributed by atoms with Gasteiger partial charge in [0.1, 0.15) is 0 Å². The van der Waals surface area contributed by atoms with E-state index in [2.05, 4.69) is 5.32 Å². The van der Waals surface area contributed by atoms with Crippen molar-refractivity contribution in [3.8, 4) is 5.75 Å². The number of likely N-dealkylation sites (N-methyl/N-ethyl adjacent to an activating group) is 1. The quantitative estimate of drug-likeness (QED) is 0.884. The van der Waals surface area contributed by atoms with Crippen molar-refractivity contribution >= 4 is 11.8 Å². The van der Waals surface area contributed by atoms with Crippen LogP contribution in [0, 0.1) is 11.7 Å². The Morgan fingerprint density at radius 3 is 2.65 bits per heavy atom. The fraction of sp³-hybridized carbons (Fsp3) is 0.500. The van der Waals surface area contributed by atoms with E-state index in [1.165, 1.54) is 25.3 Å². The number of hydrogen-bond donors (Lipinski definition) is 1. The summed E-state index contributed by atoms with van der Waals surface area (Å²) in [6, 6.07) is 4.14. The summed E-state index contributed by atoms with van der Waals surface area (Å²) in [5, 5.41) is 2.63. The molecule has 0 unspecified atom stereocenters. The van der Waals surface area contributed by atoms with Gasteiger partial charge in [-0.1, -0.05) is 0 Å². The molecule has 7 heteroatoms. The summed E-state index contributed by atoms with van der Waals surface area (Å²) in [6.45, 7) is 2.06. The van der Waals surface area contributed by atoms with Gasteiger partial charge in [-0.2, -0.15) is 0 Å². The number of nitrogens with zero attached hydrogens (tertiary/aromatic N) is 2. The highest BCUT2D eigenvalue weighted by molar-refractivity contribution is 5.94. The van der Waals surface area contributed by atoms with Gasteiger partial charge >= 0.3 is 0 Å². The Morgan fingerprint density at radius 1 is 1.30 bits per heavy atom. The lowest BCUT2D eigenvalue weighted by Crippen LogP contribution is -2.41. The van der Waals surface area contributed by atoms with Crippen molar-refractivity contribution < 1.29 is 18.7 Å². The standard InChI is InChI=1S/C16H22FN3O3/c1-18-15(21)12-9-19(2)6-7-20(10-12)16(22)11-4-5-14(23-3)13(17)8-11/h4-5,8,12H,6-7,9-10H2,1-3H3,(H,18,21)/t12-/m0/s1. The Hall–Kier alpha value is -2.15. The van der Waals surface area contributed by atoms with Crippen LogP contribution in [-0.2, 0) is 4.79 Å². The first-order valence-electron chi connectivity index (χ1n) is 7.49. The van der Waals surface area contributed by atoms with Crippen LogP contribution in [-0.4, -0.2) is 69.0 Å². The number of carbonyl (C=O) groups is 2. The Kier molecular flexibility index (Phi) is 5.54. The molecule has 1 atom stereocenters. The summed E-state index contributed by atoms with van der Waals surface area (Å²) in [4.78, 5) is 28.2. The van der Waals surface area contributed by atoms with Crippen molar-refractivity contribution in [3.63, 3.8) is 0 Å². The van der Waals surface area contributed by atoms with Crippen molar-refractivity contribution in [2.45, 2.75) is 0 Å². The molecule has 1 fully saturated rings. The van der Waals surface area contributed by atoms with Crippen LogP contribution < -0.4 is 10.1 Å². The smallest absolute Gasteiger partial charge is 0.254 e. The van der Waals surface area contributed by atoms with E-state index in [0.29, 0.717) is 26.2 Å². The SMILES string of the molecule is CNC(=O)[C@H]1CN(C)CCN(C(=O)c2ccc(OC)c(F)c2)C1. The third-order valence-electron chi connectivity index (χ3n) is 4.03. The Labute approximate surface area is 135 Å². The molecule has 2 rings (SSSR count). The average molecular weight is 323 g/mol. The Morgan fingerprint density at radius 2 is 2.04 bits per heavy atom. The van der Waals surface area contributed by atoms with Crippen molar-refractivity contribution in [2.75, 3.05) is 47.4 Å². The van der Waals surface area contributed by atoms with Crippen LogP contribution in [0.25, 0.3) is 0 Å².